The Bertz CT molecular complexity index is 514. The number of hydrogen-bond donors (Lipinski definition) is 2. The van der Waals surface area contributed by atoms with Crippen LogP contribution >= 0.6 is 0 Å². The predicted molar refractivity (Wildman–Crippen MR) is 84.3 cm³/mol. The van der Waals surface area contributed by atoms with E-state index in [9.17, 15) is 4.79 Å². The maximum atomic E-state index is 11.9. The van der Waals surface area contributed by atoms with Crippen molar-refractivity contribution in [2.75, 3.05) is 7.11 Å². The number of carbonyl (C=O) groups is 1. The Kier molecular flexibility index (Phi) is 6.08. The highest BCUT2D eigenvalue weighted by molar-refractivity contribution is 5.74. The molecular weight excluding hydrogens is 278 g/mol. The highest BCUT2D eigenvalue weighted by Crippen LogP contribution is 2.26. The van der Waals surface area contributed by atoms with Gasteiger partial charge in [0.25, 0.3) is 0 Å². The van der Waals surface area contributed by atoms with Gasteiger partial charge in [-0.25, -0.2) is 4.79 Å². The van der Waals surface area contributed by atoms with E-state index in [0.29, 0.717) is 18.9 Å². The minimum atomic E-state index is -0.125. The van der Waals surface area contributed by atoms with Gasteiger partial charge in [-0.1, -0.05) is 12.1 Å². The lowest BCUT2D eigenvalue weighted by Crippen LogP contribution is -2.43. The Balaban J connectivity index is 1.68. The number of carbonyl (C=O) groups excluding carboxylic acids is 1. The van der Waals surface area contributed by atoms with Crippen molar-refractivity contribution in [3.05, 3.63) is 29.8 Å². The molecule has 1 aliphatic rings. The van der Waals surface area contributed by atoms with Crippen molar-refractivity contribution in [2.24, 2.45) is 5.92 Å². The normalized spacial score (nSPS) is 20.7. The molecule has 0 atom stereocenters. The lowest BCUT2D eigenvalue weighted by atomic mass is 9.84. The van der Waals surface area contributed by atoms with Crippen LogP contribution in [0.5, 0.6) is 5.75 Å². The third-order valence-corrected chi connectivity index (χ3v) is 4.17. The van der Waals surface area contributed by atoms with Crippen molar-refractivity contribution < 1.29 is 9.53 Å². The minimum absolute atomic E-state index is 0.125. The largest absolute Gasteiger partial charge is 0.497 e. The van der Waals surface area contributed by atoms with E-state index in [0.717, 1.165) is 37.0 Å². The molecule has 118 valence electrons. The van der Waals surface area contributed by atoms with Crippen LogP contribution in [0.15, 0.2) is 24.3 Å². The van der Waals surface area contributed by atoms with Gasteiger partial charge < -0.3 is 15.4 Å². The van der Waals surface area contributed by atoms with Crippen molar-refractivity contribution in [3.63, 3.8) is 0 Å². The van der Waals surface area contributed by atoms with Crippen molar-refractivity contribution in [1.29, 1.82) is 5.26 Å². The molecule has 0 aliphatic heterocycles. The number of methoxy groups -OCH3 is 1. The van der Waals surface area contributed by atoms with Gasteiger partial charge in [-0.2, -0.15) is 5.26 Å². The Hall–Kier alpha value is -2.22. The second-order valence-electron chi connectivity index (χ2n) is 5.75. The maximum absolute atomic E-state index is 11.9. The van der Waals surface area contributed by atoms with Gasteiger partial charge in [0.15, 0.2) is 0 Å². The average molecular weight is 301 g/mol. The molecule has 0 heterocycles. The van der Waals surface area contributed by atoms with Crippen molar-refractivity contribution in [2.45, 2.75) is 44.7 Å². The van der Waals surface area contributed by atoms with E-state index in [1.807, 2.05) is 24.3 Å². The third kappa shape index (κ3) is 4.96. The lowest BCUT2D eigenvalue weighted by Gasteiger charge is -2.27. The van der Waals surface area contributed by atoms with Gasteiger partial charge in [0.2, 0.25) is 0 Å². The predicted octanol–water partition coefficient (Wildman–Crippen LogP) is 2.97. The monoisotopic (exact) mass is 301 g/mol. The topological polar surface area (TPSA) is 74.2 Å². The first-order chi connectivity index (χ1) is 10.7. The zero-order chi connectivity index (χ0) is 15.8. The van der Waals surface area contributed by atoms with Gasteiger partial charge in [-0.3, -0.25) is 0 Å². The molecule has 22 heavy (non-hydrogen) atoms. The molecule has 1 aromatic carbocycles. The number of hydrogen-bond acceptors (Lipinski definition) is 3. The lowest BCUT2D eigenvalue weighted by molar-refractivity contribution is 0.227. The summed E-state index contributed by atoms with van der Waals surface area (Å²) in [6, 6.07) is 9.97. The number of nitrogens with one attached hydrogen (secondary N) is 2. The first-order valence-corrected chi connectivity index (χ1v) is 7.75. The number of urea groups is 1. The van der Waals surface area contributed by atoms with Crippen LogP contribution in [0.3, 0.4) is 0 Å². The summed E-state index contributed by atoms with van der Waals surface area (Å²) in [5.74, 6) is 1.31. The molecule has 1 fully saturated rings. The molecule has 0 bridgehead atoms. The van der Waals surface area contributed by atoms with Gasteiger partial charge in [0, 0.05) is 19.0 Å². The van der Waals surface area contributed by atoms with Crippen LogP contribution in [-0.4, -0.2) is 19.2 Å². The molecule has 5 nitrogen and oxygen atoms in total. The van der Waals surface area contributed by atoms with E-state index < -0.39 is 0 Å². The van der Waals surface area contributed by atoms with Gasteiger partial charge in [-0.15, -0.1) is 0 Å². The molecule has 5 heteroatoms. The third-order valence-electron chi connectivity index (χ3n) is 4.17. The molecule has 1 saturated carbocycles. The first kappa shape index (κ1) is 16.2. The molecule has 0 unspecified atom stereocenters. The fourth-order valence-corrected chi connectivity index (χ4v) is 2.80. The molecule has 1 aromatic rings. The average Bonchev–Trinajstić information content (AvgIpc) is 2.55. The van der Waals surface area contributed by atoms with Crippen LogP contribution in [0.4, 0.5) is 4.79 Å². The van der Waals surface area contributed by atoms with Crippen LogP contribution in [0.25, 0.3) is 0 Å². The van der Waals surface area contributed by atoms with Crippen LogP contribution in [0.1, 0.15) is 37.7 Å². The molecule has 0 spiro atoms. The number of nitriles is 1. The van der Waals surface area contributed by atoms with Gasteiger partial charge in [0.05, 0.1) is 13.2 Å². The molecule has 0 radical (unpaired) electrons. The fourth-order valence-electron chi connectivity index (χ4n) is 2.80. The van der Waals surface area contributed by atoms with Crippen molar-refractivity contribution in [1.82, 2.24) is 10.6 Å². The molecule has 1 aliphatic carbocycles. The Morgan fingerprint density at radius 2 is 1.95 bits per heavy atom. The molecule has 2 N–H and O–H groups in total. The smallest absolute Gasteiger partial charge is 0.315 e. The summed E-state index contributed by atoms with van der Waals surface area (Å²) in [4.78, 5) is 11.9. The van der Waals surface area contributed by atoms with E-state index in [1.54, 1.807) is 7.11 Å². The number of benzene rings is 1. The summed E-state index contributed by atoms with van der Waals surface area (Å²) < 4.78 is 5.10. The van der Waals surface area contributed by atoms with Crippen LogP contribution in [-0.2, 0) is 6.54 Å². The standard InChI is InChI=1S/C17H23N3O2/c1-22-16-8-4-14(5-9-16)12-19-17(21)20-15-6-2-13(3-7-15)10-11-18/h4-5,8-9,13,15H,2-3,6-7,10,12H2,1H3,(H2,19,20,21). The van der Waals surface area contributed by atoms with Crippen molar-refractivity contribution >= 4 is 6.03 Å². The summed E-state index contributed by atoms with van der Waals surface area (Å²) in [6.07, 6.45) is 4.61. The summed E-state index contributed by atoms with van der Waals surface area (Å²) >= 11 is 0. The second-order valence-corrected chi connectivity index (χ2v) is 5.75. The highest BCUT2D eigenvalue weighted by atomic mass is 16.5. The number of amides is 2. The fraction of sp³-hybridized carbons (Fsp3) is 0.529. The van der Waals surface area contributed by atoms with Gasteiger partial charge in [-0.05, 0) is 49.3 Å². The van der Waals surface area contributed by atoms with Crippen LogP contribution < -0.4 is 15.4 Å². The zero-order valence-electron chi connectivity index (χ0n) is 13.0. The van der Waals surface area contributed by atoms with Crippen molar-refractivity contribution in [3.8, 4) is 11.8 Å². The summed E-state index contributed by atoms with van der Waals surface area (Å²) in [6.45, 7) is 0.500. The van der Waals surface area contributed by atoms with E-state index in [2.05, 4.69) is 16.7 Å². The van der Waals surface area contributed by atoms with E-state index in [1.165, 1.54) is 0 Å². The van der Waals surface area contributed by atoms with Gasteiger partial charge >= 0.3 is 6.03 Å². The number of nitrogens with zero attached hydrogens (tertiary/aromatic N) is 1. The summed E-state index contributed by atoms with van der Waals surface area (Å²) in [7, 11) is 1.63. The van der Waals surface area contributed by atoms with Gasteiger partial charge in [0.1, 0.15) is 5.75 Å². The highest BCUT2D eigenvalue weighted by Gasteiger charge is 2.21. The molecule has 0 saturated heterocycles. The Morgan fingerprint density at radius 3 is 2.55 bits per heavy atom. The van der Waals surface area contributed by atoms with E-state index in [4.69, 9.17) is 10.00 Å². The van der Waals surface area contributed by atoms with Crippen LogP contribution in [0, 0.1) is 17.2 Å². The van der Waals surface area contributed by atoms with Crippen LogP contribution in [0.2, 0.25) is 0 Å². The minimum Gasteiger partial charge on any atom is -0.497 e. The molecule has 0 aromatic heterocycles. The maximum Gasteiger partial charge on any atom is 0.315 e. The quantitative estimate of drug-likeness (QED) is 0.878. The van der Waals surface area contributed by atoms with E-state index in [-0.39, 0.29) is 12.1 Å². The second kappa shape index (κ2) is 8.28. The first-order valence-electron chi connectivity index (χ1n) is 7.75. The molecule has 2 amide bonds. The summed E-state index contributed by atoms with van der Waals surface area (Å²) in [5, 5.41) is 14.6. The number of ether oxygens (including phenoxy) is 1. The zero-order valence-corrected chi connectivity index (χ0v) is 13.0. The van der Waals surface area contributed by atoms with E-state index >= 15 is 0 Å². The molecular formula is C17H23N3O2. The number of rotatable bonds is 5. The Morgan fingerprint density at radius 1 is 1.27 bits per heavy atom. The summed E-state index contributed by atoms with van der Waals surface area (Å²) in [5.41, 5.74) is 1.04. The Labute approximate surface area is 131 Å². The molecule has 2 rings (SSSR count). The SMILES string of the molecule is COc1ccc(CNC(=O)NC2CCC(CC#N)CC2)cc1.